The minimum atomic E-state index is -2.61. The molecule has 2 aromatic rings. The van der Waals surface area contributed by atoms with Gasteiger partial charge in [0.05, 0.1) is 12.2 Å². The van der Waals surface area contributed by atoms with Crippen molar-refractivity contribution in [3.8, 4) is 0 Å². The van der Waals surface area contributed by atoms with Crippen LogP contribution in [0.4, 0.5) is 20.3 Å². The van der Waals surface area contributed by atoms with E-state index in [1.54, 1.807) is 6.07 Å². The first kappa shape index (κ1) is 17.5. The number of nitrogens with one attached hydrogen (secondary N) is 2. The van der Waals surface area contributed by atoms with E-state index in [0.29, 0.717) is 12.0 Å². The van der Waals surface area contributed by atoms with Gasteiger partial charge in [-0.1, -0.05) is 6.07 Å². The molecule has 1 aromatic heterocycles. The first-order chi connectivity index (χ1) is 12.4. The molecule has 2 atom stereocenters. The number of hydrogen-bond acceptors (Lipinski definition) is 3. The van der Waals surface area contributed by atoms with Crippen molar-refractivity contribution in [1.29, 1.82) is 0 Å². The fraction of sp³-hybridized carbons (Fsp3) is 0.550. The summed E-state index contributed by atoms with van der Waals surface area (Å²) in [6, 6.07) is 7.46. The Morgan fingerprint density at radius 3 is 2.81 bits per heavy atom. The Bertz CT molecular complexity index is 787. The zero-order valence-corrected chi connectivity index (χ0v) is 15.2. The number of fused-ring (bicyclic) bond motifs is 1. The summed E-state index contributed by atoms with van der Waals surface area (Å²) in [7, 11) is 0. The van der Waals surface area contributed by atoms with Gasteiger partial charge in [0.2, 0.25) is 0 Å². The molecule has 6 heteroatoms. The molecule has 2 unspecified atom stereocenters. The van der Waals surface area contributed by atoms with E-state index in [9.17, 15) is 8.78 Å². The summed E-state index contributed by atoms with van der Waals surface area (Å²) < 4.78 is 33.0. The van der Waals surface area contributed by atoms with Gasteiger partial charge in [-0.05, 0) is 56.4 Å². The Kier molecular flexibility index (Phi) is 4.47. The van der Waals surface area contributed by atoms with Crippen LogP contribution in [0.3, 0.4) is 0 Å². The Hall–Kier alpha value is -1.95. The summed E-state index contributed by atoms with van der Waals surface area (Å²) in [6.07, 6.45) is 3.41. The average Bonchev–Trinajstić information content (AvgIpc) is 3.23. The first-order valence-electron chi connectivity index (χ1n) is 9.35. The minimum Gasteiger partial charge on any atom is -0.376 e. The van der Waals surface area contributed by atoms with Crippen molar-refractivity contribution in [3.63, 3.8) is 0 Å². The normalized spacial score (nSPS) is 24.2. The molecule has 2 aliphatic rings. The lowest BCUT2D eigenvalue weighted by Gasteiger charge is -2.14. The van der Waals surface area contributed by atoms with Crippen molar-refractivity contribution in [2.24, 2.45) is 0 Å². The molecular formula is C20H25F2N3O. The van der Waals surface area contributed by atoms with Crippen LogP contribution in [0.1, 0.15) is 55.8 Å². The lowest BCUT2D eigenvalue weighted by molar-refractivity contribution is 0.0116. The summed E-state index contributed by atoms with van der Waals surface area (Å²) in [5, 5.41) is 10.7. The monoisotopic (exact) mass is 361 g/mol. The van der Waals surface area contributed by atoms with Crippen molar-refractivity contribution in [1.82, 2.24) is 10.2 Å². The number of nitrogens with zero attached hydrogens (tertiary/aromatic N) is 1. The summed E-state index contributed by atoms with van der Waals surface area (Å²) in [5.41, 5.74) is 3.37. The highest BCUT2D eigenvalue weighted by atomic mass is 19.3. The van der Waals surface area contributed by atoms with Gasteiger partial charge in [0.15, 0.2) is 5.82 Å². The maximum Gasteiger partial charge on any atom is 0.256 e. The molecule has 0 radical (unpaired) electrons. The van der Waals surface area contributed by atoms with Crippen LogP contribution in [0.5, 0.6) is 0 Å². The zero-order valence-electron chi connectivity index (χ0n) is 15.2. The fourth-order valence-corrected chi connectivity index (χ4v) is 4.15. The van der Waals surface area contributed by atoms with Gasteiger partial charge in [0.25, 0.3) is 5.92 Å². The van der Waals surface area contributed by atoms with Gasteiger partial charge in [-0.2, -0.15) is 5.10 Å². The maximum absolute atomic E-state index is 13.5. The molecule has 140 valence electrons. The van der Waals surface area contributed by atoms with Crippen molar-refractivity contribution >= 4 is 11.5 Å². The molecule has 0 saturated heterocycles. The van der Waals surface area contributed by atoms with Crippen molar-refractivity contribution in [2.45, 2.75) is 70.0 Å². The van der Waals surface area contributed by atoms with Crippen LogP contribution in [0.15, 0.2) is 24.3 Å². The van der Waals surface area contributed by atoms with Crippen molar-refractivity contribution in [2.75, 3.05) is 5.32 Å². The van der Waals surface area contributed by atoms with E-state index in [-0.39, 0.29) is 18.9 Å². The van der Waals surface area contributed by atoms with Gasteiger partial charge in [-0.3, -0.25) is 5.10 Å². The second-order valence-corrected chi connectivity index (χ2v) is 7.84. The average molecular weight is 361 g/mol. The van der Waals surface area contributed by atoms with E-state index in [1.165, 1.54) is 0 Å². The molecule has 4 rings (SSSR count). The van der Waals surface area contributed by atoms with Crippen LogP contribution >= 0.6 is 0 Å². The van der Waals surface area contributed by atoms with E-state index in [0.717, 1.165) is 47.6 Å². The summed E-state index contributed by atoms with van der Waals surface area (Å²) in [5.74, 6) is -1.46. The first-order valence-corrected chi connectivity index (χ1v) is 9.35. The van der Waals surface area contributed by atoms with Crippen LogP contribution in [-0.4, -0.2) is 28.3 Å². The molecule has 0 bridgehead atoms. The molecule has 0 amide bonds. The van der Waals surface area contributed by atoms with E-state index < -0.39 is 5.92 Å². The van der Waals surface area contributed by atoms with Gasteiger partial charge >= 0.3 is 0 Å². The highest BCUT2D eigenvalue weighted by Crippen LogP contribution is 2.38. The third kappa shape index (κ3) is 3.75. The molecule has 0 spiro atoms. The highest BCUT2D eigenvalue weighted by Gasteiger charge is 2.37. The molecule has 4 nitrogen and oxygen atoms in total. The van der Waals surface area contributed by atoms with Crippen LogP contribution in [0, 0.1) is 0 Å². The quantitative estimate of drug-likeness (QED) is 0.792. The standard InChI is InChI=1S/C20H25F2N3O/c1-12(2)26-17-6-4-13(8-17)18-9-19(25-24-18)23-16-5-3-14-10-20(21,22)11-15(14)7-16/h3,5,7,9,12-13,17H,4,6,8,10-11H2,1-2H3,(H2,23,24,25). The Morgan fingerprint density at radius 2 is 2.00 bits per heavy atom. The summed E-state index contributed by atoms with van der Waals surface area (Å²) >= 11 is 0. The number of aromatic nitrogens is 2. The lowest BCUT2D eigenvalue weighted by Crippen LogP contribution is -2.14. The number of H-pyrrole nitrogens is 1. The topological polar surface area (TPSA) is 49.9 Å². The lowest BCUT2D eigenvalue weighted by atomic mass is 10.0. The number of aromatic amines is 1. The van der Waals surface area contributed by atoms with Gasteiger partial charge in [-0.25, -0.2) is 8.78 Å². The van der Waals surface area contributed by atoms with Crippen LogP contribution in [-0.2, 0) is 17.6 Å². The number of alkyl halides is 2. The molecular weight excluding hydrogens is 336 g/mol. The van der Waals surface area contributed by atoms with Crippen LogP contribution < -0.4 is 5.32 Å². The maximum atomic E-state index is 13.5. The van der Waals surface area contributed by atoms with Crippen molar-refractivity contribution in [3.05, 3.63) is 41.1 Å². The molecule has 26 heavy (non-hydrogen) atoms. The third-order valence-electron chi connectivity index (χ3n) is 5.26. The van der Waals surface area contributed by atoms with E-state index in [1.807, 2.05) is 18.2 Å². The predicted octanol–water partition coefficient (Wildman–Crippen LogP) is 4.95. The molecule has 2 aliphatic carbocycles. The number of ether oxygens (including phenoxy) is 1. The Labute approximate surface area is 152 Å². The third-order valence-corrected chi connectivity index (χ3v) is 5.26. The second kappa shape index (κ2) is 6.65. The van der Waals surface area contributed by atoms with Gasteiger partial charge in [0, 0.05) is 36.2 Å². The van der Waals surface area contributed by atoms with Crippen LogP contribution in [0.25, 0.3) is 0 Å². The molecule has 2 N–H and O–H groups in total. The highest BCUT2D eigenvalue weighted by molar-refractivity contribution is 5.59. The smallest absolute Gasteiger partial charge is 0.256 e. The minimum absolute atomic E-state index is 0.156. The largest absolute Gasteiger partial charge is 0.376 e. The fourth-order valence-electron chi connectivity index (χ4n) is 4.15. The van der Waals surface area contributed by atoms with Gasteiger partial charge < -0.3 is 10.1 Å². The SMILES string of the molecule is CC(C)OC1CCC(c2cc(Nc3ccc4c(c3)CC(F)(F)C4)n[nH]2)C1. The number of benzene rings is 1. The summed E-state index contributed by atoms with van der Waals surface area (Å²) in [4.78, 5) is 0. The molecule has 0 aliphatic heterocycles. The Balaban J connectivity index is 1.41. The van der Waals surface area contributed by atoms with Crippen molar-refractivity contribution < 1.29 is 13.5 Å². The number of hydrogen-bond donors (Lipinski definition) is 2. The number of halogens is 2. The Morgan fingerprint density at radius 1 is 1.19 bits per heavy atom. The number of anilines is 2. The van der Waals surface area contributed by atoms with E-state index in [4.69, 9.17) is 4.74 Å². The predicted molar refractivity (Wildman–Crippen MR) is 97.3 cm³/mol. The van der Waals surface area contributed by atoms with E-state index >= 15 is 0 Å². The van der Waals surface area contributed by atoms with E-state index in [2.05, 4.69) is 29.4 Å². The molecule has 1 saturated carbocycles. The zero-order chi connectivity index (χ0) is 18.3. The number of rotatable bonds is 5. The molecule has 1 aromatic carbocycles. The van der Waals surface area contributed by atoms with Gasteiger partial charge in [0.1, 0.15) is 0 Å². The van der Waals surface area contributed by atoms with Gasteiger partial charge in [-0.15, -0.1) is 0 Å². The van der Waals surface area contributed by atoms with Crippen LogP contribution in [0.2, 0.25) is 0 Å². The summed E-state index contributed by atoms with van der Waals surface area (Å²) in [6.45, 7) is 4.13. The molecule has 1 fully saturated rings. The molecule has 1 heterocycles. The second-order valence-electron chi connectivity index (χ2n) is 7.84.